The minimum atomic E-state index is -3.99. The summed E-state index contributed by atoms with van der Waals surface area (Å²) in [6.45, 7) is 1.60. The fraction of sp³-hybridized carbons (Fsp3) is 0.125. The van der Waals surface area contributed by atoms with Crippen molar-refractivity contribution in [2.75, 3.05) is 14.2 Å². The van der Waals surface area contributed by atoms with Crippen molar-refractivity contribution in [2.45, 2.75) is 16.7 Å². The van der Waals surface area contributed by atoms with E-state index in [4.69, 9.17) is 9.47 Å². The number of hydrogen-bond acceptors (Lipinski definition) is 8. The molecule has 0 bridgehead atoms. The maximum atomic E-state index is 12.8. The molecule has 0 aromatic heterocycles. The van der Waals surface area contributed by atoms with Gasteiger partial charge in [0, 0.05) is 11.1 Å². The van der Waals surface area contributed by atoms with Gasteiger partial charge in [0.05, 0.1) is 24.0 Å². The van der Waals surface area contributed by atoms with E-state index in [2.05, 4.69) is 0 Å². The third-order valence-corrected chi connectivity index (χ3v) is 9.16. The van der Waals surface area contributed by atoms with Crippen LogP contribution in [0.3, 0.4) is 0 Å². The number of benzene rings is 2. The largest absolute Gasteiger partial charge is 0.506 e. The Labute approximate surface area is 197 Å². The van der Waals surface area contributed by atoms with E-state index in [9.17, 15) is 26.7 Å². The molecule has 2 aliphatic rings. The van der Waals surface area contributed by atoms with Crippen molar-refractivity contribution in [1.29, 1.82) is 0 Å². The molecule has 0 saturated heterocycles. The summed E-state index contributed by atoms with van der Waals surface area (Å²) >= 11 is 0. The molecule has 0 saturated carbocycles. The van der Waals surface area contributed by atoms with E-state index in [1.54, 1.807) is 6.92 Å². The molecule has 0 amide bonds. The highest BCUT2D eigenvalue weighted by Gasteiger charge is 2.39. The Balaban J connectivity index is 1.66. The lowest BCUT2D eigenvalue weighted by Gasteiger charge is -2.02. The Kier molecular flexibility index (Phi) is 5.74. The SMILES string of the molecule is COc1ccc2c(c1)C(O)=C(/C=C/C(C)=C/C=C1/C(=O)c3cc(OC)ccc3S1(=O)=O)S2(=O)=O. The van der Waals surface area contributed by atoms with Crippen LogP contribution in [0.2, 0.25) is 0 Å². The van der Waals surface area contributed by atoms with Crippen LogP contribution >= 0.6 is 0 Å². The van der Waals surface area contributed by atoms with Gasteiger partial charge in [0.25, 0.3) is 0 Å². The average molecular weight is 501 g/mol. The molecule has 2 aromatic rings. The third-order valence-electron chi connectivity index (χ3n) is 5.48. The first-order chi connectivity index (χ1) is 16.0. The van der Waals surface area contributed by atoms with Gasteiger partial charge in [0.2, 0.25) is 25.5 Å². The summed E-state index contributed by atoms with van der Waals surface area (Å²) < 4.78 is 61.3. The van der Waals surface area contributed by atoms with Gasteiger partial charge in [-0.1, -0.05) is 17.7 Å². The first-order valence-corrected chi connectivity index (χ1v) is 12.9. The molecule has 176 valence electrons. The summed E-state index contributed by atoms with van der Waals surface area (Å²) in [7, 11) is -5.08. The van der Waals surface area contributed by atoms with Crippen LogP contribution in [-0.2, 0) is 19.7 Å². The minimum Gasteiger partial charge on any atom is -0.506 e. The van der Waals surface area contributed by atoms with Gasteiger partial charge in [-0.15, -0.1) is 0 Å². The second-order valence-electron chi connectivity index (χ2n) is 7.55. The molecule has 8 nitrogen and oxygen atoms in total. The number of carbonyl (C=O) groups is 1. The van der Waals surface area contributed by atoms with Crippen molar-refractivity contribution in [3.63, 3.8) is 0 Å². The van der Waals surface area contributed by atoms with Gasteiger partial charge in [-0.2, -0.15) is 0 Å². The third kappa shape index (κ3) is 3.64. The van der Waals surface area contributed by atoms with Crippen LogP contribution < -0.4 is 9.47 Å². The van der Waals surface area contributed by atoms with Gasteiger partial charge >= 0.3 is 0 Å². The number of Topliss-reactive ketones (excluding diaryl/α,β-unsaturated/α-hetero) is 1. The lowest BCUT2D eigenvalue weighted by atomic mass is 10.1. The van der Waals surface area contributed by atoms with Gasteiger partial charge in [-0.05, 0) is 55.5 Å². The van der Waals surface area contributed by atoms with Gasteiger partial charge in [-0.25, -0.2) is 16.8 Å². The molecule has 0 unspecified atom stereocenters. The molecule has 0 radical (unpaired) electrons. The average Bonchev–Trinajstić information content (AvgIpc) is 3.12. The number of aliphatic hydroxyl groups is 1. The predicted octanol–water partition coefficient (Wildman–Crippen LogP) is 3.77. The predicted molar refractivity (Wildman–Crippen MR) is 125 cm³/mol. The molecular weight excluding hydrogens is 480 g/mol. The van der Waals surface area contributed by atoms with Crippen molar-refractivity contribution in [2.24, 2.45) is 0 Å². The molecule has 34 heavy (non-hydrogen) atoms. The van der Waals surface area contributed by atoms with Crippen molar-refractivity contribution in [1.82, 2.24) is 0 Å². The summed E-state index contributed by atoms with van der Waals surface area (Å²) in [4.78, 5) is 11.9. The van der Waals surface area contributed by atoms with Crippen molar-refractivity contribution >= 4 is 31.2 Å². The van der Waals surface area contributed by atoms with Crippen LogP contribution in [0.25, 0.3) is 5.76 Å². The fourth-order valence-corrected chi connectivity index (χ4v) is 6.73. The van der Waals surface area contributed by atoms with Crippen LogP contribution in [0.15, 0.2) is 85.9 Å². The Morgan fingerprint density at radius 2 is 1.44 bits per heavy atom. The first kappa shape index (κ1) is 23.5. The Hall–Kier alpha value is -3.63. The number of rotatable bonds is 5. The van der Waals surface area contributed by atoms with Gasteiger partial charge in [0.1, 0.15) is 27.1 Å². The van der Waals surface area contributed by atoms with Crippen LogP contribution in [-0.4, -0.2) is 41.9 Å². The summed E-state index contributed by atoms with van der Waals surface area (Å²) in [6.07, 6.45) is 5.21. The monoisotopic (exact) mass is 500 g/mol. The second kappa shape index (κ2) is 8.30. The molecule has 1 N–H and O–H groups in total. The number of ether oxygens (including phenoxy) is 2. The molecule has 2 heterocycles. The molecule has 0 fully saturated rings. The fourth-order valence-electron chi connectivity index (χ4n) is 3.66. The number of hydrogen-bond donors (Lipinski definition) is 1. The van der Waals surface area contributed by atoms with Gasteiger partial charge in [-0.3, -0.25) is 4.79 Å². The quantitative estimate of drug-likeness (QED) is 0.486. The maximum Gasteiger partial charge on any atom is 0.211 e. The summed E-state index contributed by atoms with van der Waals surface area (Å²) in [5.74, 6) is -0.295. The second-order valence-corrected chi connectivity index (χ2v) is 11.3. The Morgan fingerprint density at radius 1 is 0.882 bits per heavy atom. The summed E-state index contributed by atoms with van der Waals surface area (Å²) in [6, 6.07) is 8.44. The number of fused-ring (bicyclic) bond motifs is 2. The highest BCUT2D eigenvalue weighted by atomic mass is 32.2. The molecule has 10 heteroatoms. The van der Waals surface area contributed by atoms with Crippen LogP contribution in [0.1, 0.15) is 22.8 Å². The molecule has 4 rings (SSSR count). The molecule has 0 atom stereocenters. The zero-order valence-electron chi connectivity index (χ0n) is 18.4. The van der Waals surface area contributed by atoms with Crippen molar-refractivity contribution < 1.29 is 36.2 Å². The van der Waals surface area contributed by atoms with E-state index in [0.717, 1.165) is 0 Å². The number of ketones is 1. The van der Waals surface area contributed by atoms with Gasteiger partial charge < -0.3 is 14.6 Å². The van der Waals surface area contributed by atoms with E-state index in [1.807, 2.05) is 0 Å². The van der Waals surface area contributed by atoms with E-state index < -0.39 is 36.1 Å². The zero-order valence-corrected chi connectivity index (χ0v) is 20.0. The minimum absolute atomic E-state index is 0.0347. The highest BCUT2D eigenvalue weighted by Crippen LogP contribution is 2.40. The molecular formula is C24H20O8S2. The van der Waals surface area contributed by atoms with Crippen LogP contribution in [0.4, 0.5) is 0 Å². The smallest absolute Gasteiger partial charge is 0.211 e. The van der Waals surface area contributed by atoms with Crippen molar-refractivity contribution in [3.05, 3.63) is 87.2 Å². The Morgan fingerprint density at radius 3 is 2.03 bits per heavy atom. The zero-order chi connectivity index (χ0) is 24.8. The molecule has 0 spiro atoms. The van der Waals surface area contributed by atoms with E-state index in [-0.39, 0.29) is 25.8 Å². The summed E-state index contributed by atoms with van der Waals surface area (Å²) in [5.41, 5.74) is 0.624. The first-order valence-electron chi connectivity index (χ1n) is 9.93. The van der Waals surface area contributed by atoms with E-state index in [1.165, 1.54) is 74.9 Å². The lowest BCUT2D eigenvalue weighted by molar-refractivity contribution is 0.104. The number of aliphatic hydroxyl groups excluding tert-OH is 1. The molecule has 2 aromatic carbocycles. The summed E-state index contributed by atoms with van der Waals surface area (Å²) in [5, 5.41) is 10.5. The lowest BCUT2D eigenvalue weighted by Crippen LogP contribution is -2.01. The number of carbonyl (C=O) groups excluding carboxylic acids is 1. The normalized spacial score (nSPS) is 19.6. The maximum absolute atomic E-state index is 12.8. The highest BCUT2D eigenvalue weighted by molar-refractivity contribution is 7.97. The topological polar surface area (TPSA) is 124 Å². The number of sulfone groups is 2. The Bertz CT molecular complexity index is 1570. The van der Waals surface area contributed by atoms with E-state index in [0.29, 0.717) is 17.1 Å². The molecule has 0 aliphatic carbocycles. The number of methoxy groups -OCH3 is 2. The van der Waals surface area contributed by atoms with Gasteiger partial charge in [0.15, 0.2) is 0 Å². The van der Waals surface area contributed by atoms with Crippen molar-refractivity contribution in [3.8, 4) is 11.5 Å². The van der Waals surface area contributed by atoms with Crippen LogP contribution in [0.5, 0.6) is 11.5 Å². The molecule has 2 aliphatic heterocycles. The van der Waals surface area contributed by atoms with Crippen LogP contribution in [0, 0.1) is 0 Å². The standard InChI is InChI=1S/C24H20O8S2/c1-14(4-8-21-23(25)17-12-15(31-2)6-10-19(17)33(21,27)28)5-9-22-24(26)18-13-16(32-3)7-11-20(18)34(22,29)30/h4-13,25H,1-3H3/b8-4+,14-5+,22-9-. The number of allylic oxidation sites excluding steroid dienone is 6. The van der Waals surface area contributed by atoms with E-state index >= 15 is 0 Å².